The van der Waals surface area contributed by atoms with Crippen LogP contribution in [-0.2, 0) is 11.2 Å². The van der Waals surface area contributed by atoms with Gasteiger partial charge in [0.25, 0.3) is 0 Å². The number of carbonyl (C=O) groups excluding carboxylic acids is 1. The summed E-state index contributed by atoms with van der Waals surface area (Å²) >= 11 is 0. The van der Waals surface area contributed by atoms with E-state index < -0.39 is 0 Å². The second-order valence-electron chi connectivity index (χ2n) is 6.46. The number of anilines is 1. The fourth-order valence-corrected chi connectivity index (χ4v) is 3.29. The van der Waals surface area contributed by atoms with E-state index in [0.717, 1.165) is 30.6 Å². The van der Waals surface area contributed by atoms with Crippen LogP contribution < -0.4 is 4.90 Å². The number of hydrogen-bond donors (Lipinski definition) is 0. The molecule has 0 radical (unpaired) electrons. The standard InChI is InChI=1S/C20H23NO/c1-15(2)14-18(16-8-4-3-5-9-16)20(22)21-13-12-17-10-6-7-11-19(17)21/h3-11,15,18H,12-14H2,1-2H3/t18-/m0/s1. The monoisotopic (exact) mass is 293 g/mol. The molecule has 2 heteroatoms. The lowest BCUT2D eigenvalue weighted by atomic mass is 9.89. The van der Waals surface area contributed by atoms with Crippen LogP contribution >= 0.6 is 0 Å². The van der Waals surface area contributed by atoms with Crippen molar-refractivity contribution >= 4 is 11.6 Å². The Morgan fingerprint density at radius 1 is 1.05 bits per heavy atom. The highest BCUT2D eigenvalue weighted by atomic mass is 16.2. The zero-order valence-corrected chi connectivity index (χ0v) is 13.3. The second kappa shape index (κ2) is 6.35. The molecule has 0 bridgehead atoms. The largest absolute Gasteiger partial charge is 0.311 e. The van der Waals surface area contributed by atoms with Crippen LogP contribution in [0.2, 0.25) is 0 Å². The van der Waals surface area contributed by atoms with Gasteiger partial charge in [0.2, 0.25) is 5.91 Å². The molecule has 0 aromatic heterocycles. The molecule has 3 rings (SSSR count). The van der Waals surface area contributed by atoms with Gasteiger partial charge < -0.3 is 4.90 Å². The van der Waals surface area contributed by atoms with Gasteiger partial charge in [0, 0.05) is 12.2 Å². The van der Waals surface area contributed by atoms with E-state index in [9.17, 15) is 4.79 Å². The highest BCUT2D eigenvalue weighted by molar-refractivity contribution is 5.99. The number of carbonyl (C=O) groups is 1. The van der Waals surface area contributed by atoms with Crippen molar-refractivity contribution in [1.29, 1.82) is 0 Å². The van der Waals surface area contributed by atoms with Crippen molar-refractivity contribution in [2.24, 2.45) is 5.92 Å². The van der Waals surface area contributed by atoms with E-state index in [-0.39, 0.29) is 11.8 Å². The van der Waals surface area contributed by atoms with Crippen molar-refractivity contribution in [3.63, 3.8) is 0 Å². The van der Waals surface area contributed by atoms with E-state index in [0.29, 0.717) is 5.92 Å². The van der Waals surface area contributed by atoms with Gasteiger partial charge in [-0.1, -0.05) is 62.4 Å². The first kappa shape index (κ1) is 14.8. The van der Waals surface area contributed by atoms with Gasteiger partial charge in [-0.2, -0.15) is 0 Å². The van der Waals surface area contributed by atoms with Gasteiger partial charge in [-0.3, -0.25) is 4.79 Å². The number of hydrogen-bond acceptors (Lipinski definition) is 1. The van der Waals surface area contributed by atoms with Crippen LogP contribution in [0.25, 0.3) is 0 Å². The Morgan fingerprint density at radius 3 is 2.45 bits per heavy atom. The number of nitrogens with zero attached hydrogens (tertiary/aromatic N) is 1. The van der Waals surface area contributed by atoms with E-state index in [2.05, 4.69) is 44.2 Å². The summed E-state index contributed by atoms with van der Waals surface area (Å²) < 4.78 is 0. The third-order valence-electron chi connectivity index (χ3n) is 4.36. The predicted molar refractivity (Wildman–Crippen MR) is 91.1 cm³/mol. The average molecular weight is 293 g/mol. The van der Waals surface area contributed by atoms with Crippen LogP contribution in [0, 0.1) is 5.92 Å². The van der Waals surface area contributed by atoms with Crippen molar-refractivity contribution < 1.29 is 4.79 Å². The third-order valence-corrected chi connectivity index (χ3v) is 4.36. The molecule has 22 heavy (non-hydrogen) atoms. The second-order valence-corrected chi connectivity index (χ2v) is 6.46. The van der Waals surface area contributed by atoms with Crippen LogP contribution in [0.1, 0.15) is 37.3 Å². The maximum absolute atomic E-state index is 13.2. The fraction of sp³-hybridized carbons (Fsp3) is 0.350. The van der Waals surface area contributed by atoms with Gasteiger partial charge in [-0.15, -0.1) is 0 Å². The molecule has 0 fully saturated rings. The summed E-state index contributed by atoms with van der Waals surface area (Å²) in [5.74, 6) is 0.684. The lowest BCUT2D eigenvalue weighted by molar-refractivity contribution is -0.120. The molecule has 1 heterocycles. The van der Waals surface area contributed by atoms with Gasteiger partial charge in [0.1, 0.15) is 0 Å². The summed E-state index contributed by atoms with van der Waals surface area (Å²) in [6.07, 6.45) is 1.85. The Bertz CT molecular complexity index is 648. The third kappa shape index (κ3) is 2.92. The maximum atomic E-state index is 13.2. The number of amides is 1. The summed E-state index contributed by atoms with van der Waals surface area (Å²) in [5.41, 5.74) is 3.51. The average Bonchev–Trinajstić information content (AvgIpc) is 2.97. The number of fused-ring (bicyclic) bond motifs is 1. The molecule has 0 spiro atoms. The minimum absolute atomic E-state index is 0.0487. The summed E-state index contributed by atoms with van der Waals surface area (Å²) in [6.45, 7) is 5.17. The van der Waals surface area contributed by atoms with E-state index in [1.165, 1.54) is 5.56 Å². The van der Waals surface area contributed by atoms with Crippen LogP contribution in [0.4, 0.5) is 5.69 Å². The molecular formula is C20H23NO. The Morgan fingerprint density at radius 2 is 1.73 bits per heavy atom. The maximum Gasteiger partial charge on any atom is 0.234 e. The number of rotatable bonds is 4. The Labute approximate surface area is 132 Å². The first-order valence-corrected chi connectivity index (χ1v) is 8.11. The Kier molecular flexibility index (Phi) is 4.28. The SMILES string of the molecule is CC(C)C[C@H](C(=O)N1CCc2ccccc21)c1ccccc1. The molecule has 0 saturated carbocycles. The van der Waals surface area contributed by atoms with E-state index in [1.807, 2.05) is 29.2 Å². The highest BCUT2D eigenvalue weighted by Crippen LogP contribution is 2.33. The van der Waals surface area contributed by atoms with Crippen molar-refractivity contribution in [2.45, 2.75) is 32.6 Å². The Balaban J connectivity index is 1.90. The molecule has 0 aliphatic carbocycles. The summed E-state index contributed by atoms with van der Waals surface area (Å²) in [7, 11) is 0. The molecule has 0 unspecified atom stereocenters. The van der Waals surface area contributed by atoms with Gasteiger partial charge in [0.05, 0.1) is 5.92 Å². The van der Waals surface area contributed by atoms with Crippen LogP contribution in [0.3, 0.4) is 0 Å². The van der Waals surface area contributed by atoms with Crippen LogP contribution in [-0.4, -0.2) is 12.5 Å². The summed E-state index contributed by atoms with van der Waals surface area (Å²) in [6, 6.07) is 18.5. The van der Waals surface area contributed by atoms with E-state index in [1.54, 1.807) is 0 Å². The molecular weight excluding hydrogens is 270 g/mol. The lowest BCUT2D eigenvalue weighted by Crippen LogP contribution is -2.34. The zero-order chi connectivity index (χ0) is 15.5. The molecule has 1 amide bonds. The minimum Gasteiger partial charge on any atom is -0.311 e. The van der Waals surface area contributed by atoms with Gasteiger partial charge in [0.15, 0.2) is 0 Å². The van der Waals surface area contributed by atoms with Crippen molar-refractivity contribution in [2.75, 3.05) is 11.4 Å². The molecule has 2 aromatic carbocycles. The first-order chi connectivity index (χ1) is 10.7. The molecule has 1 atom stereocenters. The quantitative estimate of drug-likeness (QED) is 0.818. The van der Waals surface area contributed by atoms with Crippen molar-refractivity contribution in [3.8, 4) is 0 Å². The van der Waals surface area contributed by atoms with Gasteiger partial charge in [-0.05, 0) is 36.0 Å². The smallest absolute Gasteiger partial charge is 0.234 e. The topological polar surface area (TPSA) is 20.3 Å². The normalized spacial score (nSPS) is 15.0. The Hall–Kier alpha value is -2.09. The fourth-order valence-electron chi connectivity index (χ4n) is 3.29. The van der Waals surface area contributed by atoms with Crippen LogP contribution in [0.5, 0.6) is 0 Å². The molecule has 1 aliphatic rings. The van der Waals surface area contributed by atoms with Crippen LogP contribution in [0.15, 0.2) is 54.6 Å². The lowest BCUT2D eigenvalue weighted by Gasteiger charge is -2.25. The van der Waals surface area contributed by atoms with Crippen molar-refractivity contribution in [1.82, 2.24) is 0 Å². The van der Waals surface area contributed by atoms with Gasteiger partial charge >= 0.3 is 0 Å². The van der Waals surface area contributed by atoms with E-state index >= 15 is 0 Å². The van der Waals surface area contributed by atoms with Crippen molar-refractivity contribution in [3.05, 3.63) is 65.7 Å². The molecule has 2 aromatic rings. The van der Waals surface area contributed by atoms with E-state index in [4.69, 9.17) is 0 Å². The molecule has 114 valence electrons. The zero-order valence-electron chi connectivity index (χ0n) is 13.3. The summed E-state index contributed by atoms with van der Waals surface area (Å²) in [5, 5.41) is 0. The molecule has 1 aliphatic heterocycles. The highest BCUT2D eigenvalue weighted by Gasteiger charge is 2.31. The molecule has 0 saturated heterocycles. The molecule has 0 N–H and O–H groups in total. The molecule has 2 nitrogen and oxygen atoms in total. The number of benzene rings is 2. The predicted octanol–water partition coefficient (Wildman–Crippen LogP) is 4.41. The minimum atomic E-state index is -0.0487. The number of para-hydroxylation sites is 1. The van der Waals surface area contributed by atoms with Gasteiger partial charge in [-0.25, -0.2) is 0 Å². The first-order valence-electron chi connectivity index (χ1n) is 8.11. The summed E-state index contributed by atoms with van der Waals surface area (Å²) in [4.78, 5) is 15.2.